The molecule has 29 heavy (non-hydrogen) atoms. The summed E-state index contributed by atoms with van der Waals surface area (Å²) in [4.78, 5) is 28.7. The number of piperidine rings is 1. The van der Waals surface area contributed by atoms with Crippen molar-refractivity contribution in [1.29, 1.82) is 0 Å². The highest BCUT2D eigenvalue weighted by Crippen LogP contribution is 2.35. The molecule has 1 saturated heterocycles. The highest BCUT2D eigenvalue weighted by atomic mass is 32.2. The van der Waals surface area contributed by atoms with Gasteiger partial charge in [-0.15, -0.1) is 11.8 Å². The van der Waals surface area contributed by atoms with Crippen LogP contribution in [-0.4, -0.2) is 42.9 Å². The van der Waals surface area contributed by atoms with Crippen molar-refractivity contribution in [2.24, 2.45) is 5.41 Å². The number of urea groups is 1. The molecule has 0 unspecified atom stereocenters. The lowest BCUT2D eigenvalue weighted by molar-refractivity contribution is -0.158. The zero-order valence-corrected chi connectivity index (χ0v) is 17.8. The number of esters is 1. The summed E-state index contributed by atoms with van der Waals surface area (Å²) < 4.78 is 5.43. The van der Waals surface area contributed by atoms with Crippen LogP contribution >= 0.6 is 11.8 Å². The van der Waals surface area contributed by atoms with E-state index >= 15 is 0 Å². The van der Waals surface area contributed by atoms with Crippen LogP contribution in [0.1, 0.15) is 25.3 Å². The molecule has 0 spiro atoms. The van der Waals surface area contributed by atoms with Crippen LogP contribution in [-0.2, 0) is 16.0 Å². The summed E-state index contributed by atoms with van der Waals surface area (Å²) in [5.41, 5.74) is 1.12. The molecule has 2 aromatic carbocycles. The Kier molecular flexibility index (Phi) is 7.20. The third kappa shape index (κ3) is 5.32. The van der Waals surface area contributed by atoms with Crippen LogP contribution in [0, 0.1) is 5.41 Å². The minimum atomic E-state index is -0.713. The van der Waals surface area contributed by atoms with E-state index in [1.54, 1.807) is 16.7 Å². The van der Waals surface area contributed by atoms with Crippen LogP contribution < -0.4 is 5.32 Å². The highest BCUT2D eigenvalue weighted by molar-refractivity contribution is 7.98. The monoisotopic (exact) mass is 412 g/mol. The standard InChI is InChI=1S/C23H28N2O3S/c1-3-28-21(26)23(16-18-8-5-4-6-9-18)14-7-15-25(17-23)22(27)24-19-10-12-20(29-2)13-11-19/h4-6,8-13H,3,7,14-17H2,1-2H3,(H,24,27)/t23-/m1/s1. The van der Waals surface area contributed by atoms with Crippen molar-refractivity contribution < 1.29 is 14.3 Å². The van der Waals surface area contributed by atoms with Gasteiger partial charge in [-0.3, -0.25) is 4.79 Å². The van der Waals surface area contributed by atoms with E-state index in [1.807, 2.05) is 67.8 Å². The topological polar surface area (TPSA) is 58.6 Å². The Morgan fingerprint density at radius 2 is 1.86 bits per heavy atom. The summed E-state index contributed by atoms with van der Waals surface area (Å²) in [6, 6.07) is 17.5. The van der Waals surface area contributed by atoms with Crippen LogP contribution in [0.15, 0.2) is 59.5 Å². The first-order chi connectivity index (χ1) is 14.1. The predicted octanol–water partition coefficient (Wildman–Crippen LogP) is 4.83. The summed E-state index contributed by atoms with van der Waals surface area (Å²) in [5, 5.41) is 2.96. The van der Waals surface area contributed by atoms with Gasteiger partial charge < -0.3 is 15.0 Å². The van der Waals surface area contributed by atoms with Crippen molar-refractivity contribution in [3.63, 3.8) is 0 Å². The lowest BCUT2D eigenvalue weighted by Gasteiger charge is -2.41. The number of nitrogens with one attached hydrogen (secondary N) is 1. The number of anilines is 1. The Balaban J connectivity index is 1.76. The van der Waals surface area contributed by atoms with E-state index in [1.165, 1.54) is 0 Å². The van der Waals surface area contributed by atoms with Crippen LogP contribution in [0.25, 0.3) is 0 Å². The maximum absolute atomic E-state index is 12.9. The van der Waals surface area contributed by atoms with Crippen molar-refractivity contribution >= 4 is 29.4 Å². The van der Waals surface area contributed by atoms with Gasteiger partial charge in [-0.2, -0.15) is 0 Å². The second-order valence-corrected chi connectivity index (χ2v) is 8.23. The molecular weight excluding hydrogens is 384 g/mol. The molecule has 6 heteroatoms. The number of ether oxygens (including phenoxy) is 1. The van der Waals surface area contributed by atoms with E-state index in [9.17, 15) is 9.59 Å². The van der Waals surface area contributed by atoms with Crippen LogP contribution in [0.2, 0.25) is 0 Å². The number of rotatable bonds is 6. The molecule has 2 amide bonds. The van der Waals surface area contributed by atoms with E-state index in [0.717, 1.165) is 22.6 Å². The molecule has 1 atom stereocenters. The molecule has 1 aliphatic rings. The number of carbonyl (C=O) groups is 2. The van der Waals surface area contributed by atoms with Gasteiger partial charge in [0.05, 0.1) is 12.0 Å². The number of hydrogen-bond acceptors (Lipinski definition) is 4. The lowest BCUT2D eigenvalue weighted by Crippen LogP contribution is -2.52. The van der Waals surface area contributed by atoms with Gasteiger partial charge in [0, 0.05) is 23.7 Å². The maximum Gasteiger partial charge on any atom is 0.321 e. The molecule has 0 radical (unpaired) electrons. The zero-order chi connectivity index (χ0) is 20.7. The van der Waals surface area contributed by atoms with Gasteiger partial charge in [0.25, 0.3) is 0 Å². The molecule has 0 aliphatic carbocycles. The molecule has 0 saturated carbocycles. The largest absolute Gasteiger partial charge is 0.466 e. The number of thioether (sulfide) groups is 1. The fourth-order valence-electron chi connectivity index (χ4n) is 3.84. The van der Waals surface area contributed by atoms with Crippen LogP contribution in [0.3, 0.4) is 0 Å². The second-order valence-electron chi connectivity index (χ2n) is 7.35. The molecule has 0 aromatic heterocycles. The fourth-order valence-corrected chi connectivity index (χ4v) is 4.24. The van der Waals surface area contributed by atoms with Gasteiger partial charge in [-0.05, 0) is 62.3 Å². The van der Waals surface area contributed by atoms with Crippen molar-refractivity contribution in [3.8, 4) is 0 Å². The van der Waals surface area contributed by atoms with E-state index in [0.29, 0.717) is 32.5 Å². The van der Waals surface area contributed by atoms with Gasteiger partial charge in [0.15, 0.2) is 0 Å². The molecular formula is C23H28N2O3S. The fraction of sp³-hybridized carbons (Fsp3) is 0.391. The average molecular weight is 413 g/mol. The van der Waals surface area contributed by atoms with Gasteiger partial charge in [0.1, 0.15) is 0 Å². The molecule has 0 bridgehead atoms. The summed E-state index contributed by atoms with van der Waals surface area (Å²) in [7, 11) is 0. The number of likely N-dealkylation sites (tertiary alicyclic amines) is 1. The Bertz CT molecular complexity index is 826. The first-order valence-corrected chi connectivity index (χ1v) is 11.2. The molecule has 2 aromatic rings. The Morgan fingerprint density at radius 1 is 1.14 bits per heavy atom. The van der Waals surface area contributed by atoms with Crippen LogP contribution in [0.4, 0.5) is 10.5 Å². The van der Waals surface area contributed by atoms with Gasteiger partial charge >= 0.3 is 12.0 Å². The first-order valence-electron chi connectivity index (χ1n) is 9.97. The van der Waals surface area contributed by atoms with E-state index in [-0.39, 0.29) is 12.0 Å². The summed E-state index contributed by atoms with van der Waals surface area (Å²) in [6.45, 7) is 3.14. The number of carbonyl (C=O) groups excluding carboxylic acids is 2. The minimum Gasteiger partial charge on any atom is -0.466 e. The molecule has 1 N–H and O–H groups in total. The first kappa shape index (κ1) is 21.2. The predicted molar refractivity (Wildman–Crippen MR) is 117 cm³/mol. The molecule has 1 heterocycles. The smallest absolute Gasteiger partial charge is 0.321 e. The summed E-state index contributed by atoms with van der Waals surface area (Å²) >= 11 is 1.66. The van der Waals surface area contributed by atoms with Crippen molar-refractivity contribution in [3.05, 3.63) is 60.2 Å². The quantitative estimate of drug-likeness (QED) is 0.545. The van der Waals surface area contributed by atoms with E-state index in [4.69, 9.17) is 4.74 Å². The average Bonchev–Trinajstić information content (AvgIpc) is 2.75. The third-order valence-corrected chi connectivity index (χ3v) is 6.04. The normalized spacial score (nSPS) is 18.9. The molecule has 1 fully saturated rings. The van der Waals surface area contributed by atoms with Crippen molar-refractivity contribution in [2.45, 2.75) is 31.1 Å². The second kappa shape index (κ2) is 9.83. The molecule has 154 valence electrons. The minimum absolute atomic E-state index is 0.177. The number of benzene rings is 2. The number of amides is 2. The molecule has 5 nitrogen and oxygen atoms in total. The SMILES string of the molecule is CCOC(=O)[C@@]1(Cc2ccccc2)CCCN(C(=O)Nc2ccc(SC)cc2)C1. The summed E-state index contributed by atoms with van der Waals surface area (Å²) in [5.74, 6) is -0.217. The van der Waals surface area contributed by atoms with Gasteiger partial charge in [-0.1, -0.05) is 30.3 Å². The number of nitrogens with zero attached hydrogens (tertiary/aromatic N) is 1. The van der Waals surface area contributed by atoms with E-state index < -0.39 is 5.41 Å². The molecule has 3 rings (SSSR count). The van der Waals surface area contributed by atoms with E-state index in [2.05, 4.69) is 5.32 Å². The Labute approximate surface area is 176 Å². The Hall–Kier alpha value is -2.47. The number of hydrogen-bond donors (Lipinski definition) is 1. The van der Waals surface area contributed by atoms with Crippen LogP contribution in [0.5, 0.6) is 0 Å². The van der Waals surface area contributed by atoms with Crippen molar-refractivity contribution in [2.75, 3.05) is 31.3 Å². The maximum atomic E-state index is 12.9. The third-order valence-electron chi connectivity index (χ3n) is 5.30. The van der Waals surface area contributed by atoms with Gasteiger partial charge in [-0.25, -0.2) is 4.79 Å². The summed E-state index contributed by atoms with van der Waals surface area (Å²) in [6.07, 6.45) is 4.07. The van der Waals surface area contributed by atoms with Gasteiger partial charge in [0.2, 0.25) is 0 Å². The zero-order valence-electron chi connectivity index (χ0n) is 17.0. The Morgan fingerprint density at radius 3 is 2.52 bits per heavy atom. The molecule has 1 aliphatic heterocycles. The van der Waals surface area contributed by atoms with Crippen molar-refractivity contribution in [1.82, 2.24) is 4.90 Å². The highest BCUT2D eigenvalue weighted by Gasteiger charge is 2.44. The lowest BCUT2D eigenvalue weighted by atomic mass is 9.75.